The summed E-state index contributed by atoms with van der Waals surface area (Å²) < 4.78 is 18.6. The van der Waals surface area contributed by atoms with E-state index in [0.29, 0.717) is 6.61 Å². The summed E-state index contributed by atoms with van der Waals surface area (Å²) in [5.41, 5.74) is 3.20. The Balaban J connectivity index is 1.76. The molecule has 3 heteroatoms. The van der Waals surface area contributed by atoms with Gasteiger partial charge in [0.2, 0.25) is 0 Å². The first kappa shape index (κ1) is 16.9. The minimum Gasteiger partial charge on any atom is -0.376 e. The van der Waals surface area contributed by atoms with Gasteiger partial charge >= 0.3 is 0 Å². The van der Waals surface area contributed by atoms with Crippen molar-refractivity contribution in [1.29, 1.82) is 0 Å². The molecule has 0 spiro atoms. The van der Waals surface area contributed by atoms with Crippen molar-refractivity contribution in [1.82, 2.24) is 0 Å². The van der Waals surface area contributed by atoms with Gasteiger partial charge in [0, 0.05) is 13.5 Å². The summed E-state index contributed by atoms with van der Waals surface area (Å²) in [5, 5.41) is 0. The van der Waals surface area contributed by atoms with Gasteiger partial charge in [-0.1, -0.05) is 18.2 Å². The summed E-state index contributed by atoms with van der Waals surface area (Å²) in [7, 11) is 1.78. The van der Waals surface area contributed by atoms with Gasteiger partial charge < -0.3 is 14.2 Å². The number of fused-ring (bicyclic) bond motifs is 2. The van der Waals surface area contributed by atoms with Gasteiger partial charge in [0.05, 0.1) is 23.9 Å². The van der Waals surface area contributed by atoms with Crippen molar-refractivity contribution in [3.63, 3.8) is 0 Å². The van der Waals surface area contributed by atoms with Crippen LogP contribution in [0.4, 0.5) is 0 Å². The molecule has 23 heavy (non-hydrogen) atoms. The smallest absolute Gasteiger partial charge is 0.100 e. The SMILES string of the molecule is COC(C)(C)C12CCC(C)(O1)C(OCc1c(C)cccc1C)C2. The molecule has 2 aliphatic rings. The van der Waals surface area contributed by atoms with Gasteiger partial charge in [-0.15, -0.1) is 0 Å². The van der Waals surface area contributed by atoms with Crippen LogP contribution in [0.25, 0.3) is 0 Å². The zero-order valence-electron chi connectivity index (χ0n) is 15.4. The minimum absolute atomic E-state index is 0.129. The summed E-state index contributed by atoms with van der Waals surface area (Å²) >= 11 is 0. The number of benzene rings is 1. The first-order chi connectivity index (χ1) is 10.7. The summed E-state index contributed by atoms with van der Waals surface area (Å²) in [5.74, 6) is 0. The fourth-order valence-electron chi connectivity index (χ4n) is 4.24. The summed E-state index contributed by atoms with van der Waals surface area (Å²) in [4.78, 5) is 0. The second-order valence-corrected chi connectivity index (χ2v) is 8.00. The van der Waals surface area contributed by atoms with Crippen LogP contribution in [0, 0.1) is 13.8 Å². The highest BCUT2D eigenvalue weighted by atomic mass is 16.6. The Morgan fingerprint density at radius 2 is 1.87 bits per heavy atom. The van der Waals surface area contributed by atoms with Crippen molar-refractivity contribution in [2.24, 2.45) is 0 Å². The Morgan fingerprint density at radius 3 is 2.48 bits per heavy atom. The predicted molar refractivity (Wildman–Crippen MR) is 91.7 cm³/mol. The lowest BCUT2D eigenvalue weighted by molar-refractivity contribution is -0.166. The van der Waals surface area contributed by atoms with Crippen LogP contribution in [0.5, 0.6) is 0 Å². The Labute approximate surface area is 140 Å². The number of hydrogen-bond donors (Lipinski definition) is 0. The highest BCUT2D eigenvalue weighted by Gasteiger charge is 2.65. The molecule has 0 aromatic heterocycles. The lowest BCUT2D eigenvalue weighted by atomic mass is 9.73. The van der Waals surface area contributed by atoms with Crippen molar-refractivity contribution < 1.29 is 14.2 Å². The molecule has 2 bridgehead atoms. The number of rotatable bonds is 5. The Kier molecular flexibility index (Phi) is 4.11. The van der Waals surface area contributed by atoms with Gasteiger partial charge in [-0.2, -0.15) is 0 Å². The molecular weight excluding hydrogens is 288 g/mol. The Morgan fingerprint density at radius 1 is 1.22 bits per heavy atom. The first-order valence-electron chi connectivity index (χ1n) is 8.65. The van der Waals surface area contributed by atoms with Crippen molar-refractivity contribution in [2.75, 3.05) is 7.11 Å². The Hall–Kier alpha value is -0.900. The van der Waals surface area contributed by atoms with Crippen LogP contribution >= 0.6 is 0 Å². The lowest BCUT2D eigenvalue weighted by Crippen LogP contribution is -2.50. The molecule has 3 rings (SSSR count). The molecule has 0 radical (unpaired) electrons. The first-order valence-corrected chi connectivity index (χ1v) is 8.65. The van der Waals surface area contributed by atoms with Crippen LogP contribution in [0.2, 0.25) is 0 Å². The van der Waals surface area contributed by atoms with Crippen LogP contribution < -0.4 is 0 Å². The van der Waals surface area contributed by atoms with E-state index in [9.17, 15) is 0 Å². The molecule has 2 fully saturated rings. The number of ether oxygens (including phenoxy) is 3. The van der Waals surface area contributed by atoms with E-state index in [4.69, 9.17) is 14.2 Å². The van der Waals surface area contributed by atoms with E-state index in [0.717, 1.165) is 19.3 Å². The maximum atomic E-state index is 6.51. The molecule has 3 nitrogen and oxygen atoms in total. The molecule has 2 saturated heterocycles. The van der Waals surface area contributed by atoms with E-state index < -0.39 is 0 Å². The van der Waals surface area contributed by atoms with Crippen molar-refractivity contribution in [3.8, 4) is 0 Å². The van der Waals surface area contributed by atoms with E-state index in [1.54, 1.807) is 7.11 Å². The number of aryl methyl sites for hydroxylation is 2. The van der Waals surface area contributed by atoms with Gasteiger partial charge in [0.15, 0.2) is 0 Å². The average molecular weight is 318 g/mol. The number of hydrogen-bond acceptors (Lipinski definition) is 3. The van der Waals surface area contributed by atoms with Crippen LogP contribution in [0.3, 0.4) is 0 Å². The standard InChI is InChI=1S/C20H30O3/c1-14-8-7-9-15(2)16(14)13-22-17-12-20(18(3,4)21-6)11-10-19(17,5)23-20/h7-9,17H,10-13H2,1-6H3. The van der Waals surface area contributed by atoms with Crippen LogP contribution in [-0.4, -0.2) is 30.0 Å². The molecule has 2 heterocycles. The molecule has 128 valence electrons. The average Bonchev–Trinajstić information content (AvgIpc) is 2.99. The molecule has 3 atom stereocenters. The summed E-state index contributed by atoms with van der Waals surface area (Å²) in [6, 6.07) is 6.41. The summed E-state index contributed by atoms with van der Waals surface area (Å²) in [6.45, 7) is 11.4. The van der Waals surface area contributed by atoms with Crippen molar-refractivity contribution in [3.05, 3.63) is 34.9 Å². The Bertz CT molecular complexity index is 574. The third-order valence-electron chi connectivity index (χ3n) is 6.33. The minimum atomic E-state index is -0.290. The van der Waals surface area contributed by atoms with Crippen LogP contribution in [0.15, 0.2) is 18.2 Å². The highest BCUT2D eigenvalue weighted by molar-refractivity contribution is 5.32. The van der Waals surface area contributed by atoms with E-state index in [1.807, 2.05) is 0 Å². The van der Waals surface area contributed by atoms with E-state index in [-0.39, 0.29) is 22.9 Å². The van der Waals surface area contributed by atoms with Gasteiger partial charge in [-0.05, 0) is 64.2 Å². The molecule has 2 aliphatic heterocycles. The maximum absolute atomic E-state index is 6.51. The topological polar surface area (TPSA) is 27.7 Å². The second-order valence-electron chi connectivity index (χ2n) is 8.00. The van der Waals surface area contributed by atoms with Gasteiger partial charge in [0.25, 0.3) is 0 Å². The third kappa shape index (κ3) is 2.63. The second kappa shape index (κ2) is 5.58. The lowest BCUT2D eigenvalue weighted by Gasteiger charge is -2.40. The fraction of sp³-hybridized carbons (Fsp3) is 0.700. The molecule has 1 aromatic rings. The van der Waals surface area contributed by atoms with Gasteiger partial charge in [0.1, 0.15) is 5.60 Å². The van der Waals surface area contributed by atoms with E-state index in [2.05, 4.69) is 52.8 Å². The fourth-order valence-corrected chi connectivity index (χ4v) is 4.24. The molecule has 0 N–H and O–H groups in total. The third-order valence-corrected chi connectivity index (χ3v) is 6.33. The zero-order valence-corrected chi connectivity index (χ0v) is 15.4. The van der Waals surface area contributed by atoms with E-state index in [1.165, 1.54) is 16.7 Å². The number of methoxy groups -OCH3 is 1. The zero-order chi connectivity index (χ0) is 16.9. The van der Waals surface area contributed by atoms with E-state index >= 15 is 0 Å². The molecule has 0 saturated carbocycles. The molecule has 1 aromatic carbocycles. The monoisotopic (exact) mass is 318 g/mol. The summed E-state index contributed by atoms with van der Waals surface area (Å²) in [6.07, 6.45) is 3.13. The molecule has 3 unspecified atom stereocenters. The molecular formula is C20H30O3. The van der Waals surface area contributed by atoms with Crippen molar-refractivity contribution >= 4 is 0 Å². The quantitative estimate of drug-likeness (QED) is 0.809. The predicted octanol–water partition coefficient (Wildman–Crippen LogP) is 4.33. The van der Waals surface area contributed by atoms with Gasteiger partial charge in [-0.25, -0.2) is 0 Å². The van der Waals surface area contributed by atoms with Crippen LogP contribution in [-0.2, 0) is 20.8 Å². The molecule has 0 aliphatic carbocycles. The van der Waals surface area contributed by atoms with Gasteiger partial charge in [-0.3, -0.25) is 0 Å². The highest BCUT2D eigenvalue weighted by Crippen LogP contribution is 2.57. The normalized spacial score (nSPS) is 33.4. The van der Waals surface area contributed by atoms with Crippen LogP contribution in [0.1, 0.15) is 56.7 Å². The maximum Gasteiger partial charge on any atom is 0.100 e. The largest absolute Gasteiger partial charge is 0.376 e. The van der Waals surface area contributed by atoms with Crippen molar-refractivity contribution in [2.45, 2.75) is 83.4 Å². The molecule has 0 amide bonds.